The normalized spacial score (nSPS) is 14.5. The van der Waals surface area contributed by atoms with Gasteiger partial charge in [-0.05, 0) is 51.4 Å². The van der Waals surface area contributed by atoms with Crippen LogP contribution in [0.3, 0.4) is 0 Å². The second kappa shape index (κ2) is 8.67. The van der Waals surface area contributed by atoms with Gasteiger partial charge < -0.3 is 19.7 Å². The molecule has 6 heteroatoms. The van der Waals surface area contributed by atoms with E-state index in [-0.39, 0.29) is 0 Å². The first-order valence-electron chi connectivity index (χ1n) is 8.83. The van der Waals surface area contributed by atoms with Crippen molar-refractivity contribution in [3.63, 3.8) is 0 Å². The third-order valence-corrected chi connectivity index (χ3v) is 4.31. The molecule has 2 aromatic rings. The predicted octanol–water partition coefficient (Wildman–Crippen LogP) is 3.40. The number of nitrogens with one attached hydrogen (secondary N) is 1. The zero-order valence-electron chi connectivity index (χ0n) is 15.0. The van der Waals surface area contributed by atoms with E-state index < -0.39 is 0 Å². The number of aromatic nitrogens is 2. The van der Waals surface area contributed by atoms with Crippen molar-refractivity contribution in [2.24, 2.45) is 0 Å². The molecular weight excluding hydrogens is 316 g/mol. The molecule has 1 aromatic carbocycles. The van der Waals surface area contributed by atoms with E-state index in [2.05, 4.69) is 20.2 Å². The molecule has 0 bridgehead atoms. The summed E-state index contributed by atoms with van der Waals surface area (Å²) in [6.07, 6.45) is 5.22. The molecule has 0 spiro atoms. The van der Waals surface area contributed by atoms with E-state index in [1.165, 1.54) is 25.9 Å². The highest BCUT2D eigenvalue weighted by Crippen LogP contribution is 2.31. The zero-order valence-corrected chi connectivity index (χ0v) is 15.0. The lowest BCUT2D eigenvalue weighted by Crippen LogP contribution is -2.21. The highest BCUT2D eigenvalue weighted by atomic mass is 16.5. The minimum atomic E-state index is 0.683. The van der Waals surface area contributed by atoms with Crippen LogP contribution in [0.25, 0.3) is 0 Å². The first-order valence-corrected chi connectivity index (χ1v) is 8.83. The molecule has 0 aliphatic carbocycles. The monoisotopic (exact) mass is 342 g/mol. The number of hydrogen-bond donors (Lipinski definition) is 1. The summed E-state index contributed by atoms with van der Waals surface area (Å²) in [4.78, 5) is 10.8. The van der Waals surface area contributed by atoms with Crippen molar-refractivity contribution in [2.75, 3.05) is 38.7 Å². The number of likely N-dealkylation sites (tertiary alicyclic amines) is 1. The number of rotatable bonds is 8. The molecule has 1 aromatic heterocycles. The largest absolute Gasteiger partial charge is 0.493 e. The van der Waals surface area contributed by atoms with Gasteiger partial charge in [-0.25, -0.2) is 9.97 Å². The van der Waals surface area contributed by atoms with E-state index >= 15 is 0 Å². The molecule has 0 saturated carbocycles. The minimum Gasteiger partial charge on any atom is -0.493 e. The minimum absolute atomic E-state index is 0.683. The van der Waals surface area contributed by atoms with Crippen LogP contribution in [0, 0.1) is 6.92 Å². The fourth-order valence-corrected chi connectivity index (χ4v) is 3.01. The van der Waals surface area contributed by atoms with Crippen LogP contribution in [0.15, 0.2) is 30.6 Å². The van der Waals surface area contributed by atoms with Crippen LogP contribution in [0.4, 0.5) is 11.5 Å². The molecule has 25 heavy (non-hydrogen) atoms. The third kappa shape index (κ3) is 5.06. The molecule has 0 unspecified atom stereocenters. The second-order valence-corrected chi connectivity index (χ2v) is 6.29. The molecule has 1 fully saturated rings. The number of benzene rings is 1. The lowest BCUT2D eigenvalue weighted by atomic mass is 10.2. The summed E-state index contributed by atoms with van der Waals surface area (Å²) in [5, 5.41) is 3.28. The molecule has 3 rings (SSSR count). The lowest BCUT2D eigenvalue weighted by molar-refractivity contribution is 0.254. The average molecular weight is 342 g/mol. The summed E-state index contributed by atoms with van der Waals surface area (Å²) in [6.45, 7) is 6.17. The Kier molecular flexibility index (Phi) is 6.06. The van der Waals surface area contributed by atoms with E-state index in [1.807, 2.05) is 31.2 Å². The maximum absolute atomic E-state index is 5.97. The quantitative estimate of drug-likeness (QED) is 0.742. The molecule has 0 radical (unpaired) electrons. The average Bonchev–Trinajstić information content (AvgIpc) is 3.12. The third-order valence-electron chi connectivity index (χ3n) is 4.31. The molecule has 0 amide bonds. The number of methoxy groups -OCH3 is 1. The van der Waals surface area contributed by atoms with Crippen LogP contribution >= 0.6 is 0 Å². The van der Waals surface area contributed by atoms with Crippen LogP contribution in [0.5, 0.6) is 11.5 Å². The fourth-order valence-electron chi connectivity index (χ4n) is 3.01. The van der Waals surface area contributed by atoms with Gasteiger partial charge in [0, 0.05) is 30.1 Å². The Morgan fingerprint density at radius 3 is 2.72 bits per heavy atom. The van der Waals surface area contributed by atoms with Crippen molar-refractivity contribution in [2.45, 2.75) is 26.2 Å². The molecule has 1 aliphatic rings. The van der Waals surface area contributed by atoms with Gasteiger partial charge >= 0.3 is 0 Å². The fraction of sp³-hybridized carbons (Fsp3) is 0.474. The standard InChI is InChI=1S/C19H26N4O2/c1-15-12-19(21-14-20-15)22-16-6-7-17(24-2)18(13-16)25-11-5-10-23-8-3-4-9-23/h6-7,12-14H,3-5,8-11H2,1-2H3,(H,20,21,22). The van der Waals surface area contributed by atoms with E-state index in [9.17, 15) is 0 Å². The van der Waals surface area contributed by atoms with Crippen LogP contribution in [0.2, 0.25) is 0 Å². The Labute approximate surface area is 149 Å². The summed E-state index contributed by atoms with van der Waals surface area (Å²) >= 11 is 0. The maximum Gasteiger partial charge on any atom is 0.163 e. The number of hydrogen-bond acceptors (Lipinski definition) is 6. The summed E-state index contributed by atoms with van der Waals surface area (Å²) in [5.41, 5.74) is 1.83. The highest BCUT2D eigenvalue weighted by Gasteiger charge is 2.11. The van der Waals surface area contributed by atoms with Crippen molar-refractivity contribution in [3.8, 4) is 11.5 Å². The van der Waals surface area contributed by atoms with E-state index in [1.54, 1.807) is 13.4 Å². The molecule has 1 saturated heterocycles. The maximum atomic E-state index is 5.97. The molecular formula is C19H26N4O2. The Morgan fingerprint density at radius 2 is 1.96 bits per heavy atom. The molecule has 1 N–H and O–H groups in total. The van der Waals surface area contributed by atoms with Crippen molar-refractivity contribution in [1.29, 1.82) is 0 Å². The predicted molar refractivity (Wildman–Crippen MR) is 98.8 cm³/mol. The second-order valence-electron chi connectivity index (χ2n) is 6.29. The van der Waals surface area contributed by atoms with Gasteiger partial charge in [0.2, 0.25) is 0 Å². The van der Waals surface area contributed by atoms with Gasteiger partial charge in [-0.3, -0.25) is 0 Å². The number of aryl methyl sites for hydroxylation is 1. The molecule has 2 heterocycles. The highest BCUT2D eigenvalue weighted by molar-refractivity contribution is 5.61. The summed E-state index contributed by atoms with van der Waals surface area (Å²) in [6, 6.07) is 7.71. The van der Waals surface area contributed by atoms with Crippen molar-refractivity contribution < 1.29 is 9.47 Å². The zero-order chi connectivity index (χ0) is 17.5. The molecule has 6 nitrogen and oxygen atoms in total. The van der Waals surface area contributed by atoms with Crippen LogP contribution in [-0.2, 0) is 0 Å². The molecule has 0 atom stereocenters. The van der Waals surface area contributed by atoms with Gasteiger partial charge in [-0.1, -0.05) is 0 Å². The van der Waals surface area contributed by atoms with Gasteiger partial charge in [0.15, 0.2) is 11.5 Å². The first-order chi connectivity index (χ1) is 12.2. The van der Waals surface area contributed by atoms with E-state index in [0.29, 0.717) is 6.61 Å². The topological polar surface area (TPSA) is 59.5 Å². The summed E-state index contributed by atoms with van der Waals surface area (Å²) in [5.74, 6) is 2.25. The summed E-state index contributed by atoms with van der Waals surface area (Å²) < 4.78 is 11.4. The van der Waals surface area contributed by atoms with Crippen molar-refractivity contribution >= 4 is 11.5 Å². The number of anilines is 2. The summed E-state index contributed by atoms with van der Waals surface area (Å²) in [7, 11) is 1.66. The Morgan fingerprint density at radius 1 is 1.12 bits per heavy atom. The lowest BCUT2D eigenvalue weighted by Gasteiger charge is -2.16. The number of nitrogens with zero attached hydrogens (tertiary/aromatic N) is 3. The van der Waals surface area contributed by atoms with Gasteiger partial charge in [0.25, 0.3) is 0 Å². The van der Waals surface area contributed by atoms with Crippen LogP contribution in [-0.4, -0.2) is 48.2 Å². The van der Waals surface area contributed by atoms with Gasteiger partial charge in [0.05, 0.1) is 13.7 Å². The van der Waals surface area contributed by atoms with Crippen LogP contribution < -0.4 is 14.8 Å². The van der Waals surface area contributed by atoms with Crippen molar-refractivity contribution in [1.82, 2.24) is 14.9 Å². The van der Waals surface area contributed by atoms with Gasteiger partial charge in [0.1, 0.15) is 12.1 Å². The van der Waals surface area contributed by atoms with Gasteiger partial charge in [-0.15, -0.1) is 0 Å². The first kappa shape index (κ1) is 17.5. The smallest absolute Gasteiger partial charge is 0.163 e. The van der Waals surface area contributed by atoms with Crippen molar-refractivity contribution in [3.05, 3.63) is 36.3 Å². The molecule has 134 valence electrons. The van der Waals surface area contributed by atoms with E-state index in [4.69, 9.17) is 9.47 Å². The van der Waals surface area contributed by atoms with Crippen LogP contribution in [0.1, 0.15) is 25.0 Å². The van der Waals surface area contributed by atoms with Gasteiger partial charge in [-0.2, -0.15) is 0 Å². The SMILES string of the molecule is COc1ccc(Nc2cc(C)ncn2)cc1OCCCN1CCCC1. The molecule has 1 aliphatic heterocycles. The Bertz CT molecular complexity index is 687. The van der Waals surface area contributed by atoms with E-state index in [0.717, 1.165) is 41.7 Å². The number of ether oxygens (including phenoxy) is 2. The Balaban J connectivity index is 1.59. The Hall–Kier alpha value is -2.34.